The minimum atomic E-state index is -0.118. The predicted molar refractivity (Wildman–Crippen MR) is 112 cm³/mol. The van der Waals surface area contributed by atoms with Gasteiger partial charge in [0.15, 0.2) is 0 Å². The zero-order valence-electron chi connectivity index (χ0n) is 16.2. The Bertz CT molecular complexity index is 1230. The van der Waals surface area contributed by atoms with Crippen LogP contribution in [0.1, 0.15) is 17.1 Å². The number of aromatic amines is 1. The largest absolute Gasteiger partial charge is 0.399 e. The van der Waals surface area contributed by atoms with Crippen molar-refractivity contribution in [3.8, 4) is 22.8 Å². The Morgan fingerprint density at radius 3 is 2.63 bits per heavy atom. The van der Waals surface area contributed by atoms with Gasteiger partial charge in [0.2, 0.25) is 11.7 Å². The molecule has 0 bridgehead atoms. The molecule has 1 aliphatic rings. The van der Waals surface area contributed by atoms with Crippen LogP contribution < -0.4 is 11.3 Å². The van der Waals surface area contributed by atoms with E-state index in [0.29, 0.717) is 48.3 Å². The molecule has 2 aromatic heterocycles. The number of fused-ring (bicyclic) bond motifs is 1. The maximum Gasteiger partial charge on any atom is 0.255 e. The number of rotatable bonds is 4. The second kappa shape index (κ2) is 7.57. The zero-order valence-corrected chi connectivity index (χ0v) is 16.2. The van der Waals surface area contributed by atoms with Gasteiger partial charge >= 0.3 is 0 Å². The van der Waals surface area contributed by atoms with Gasteiger partial charge in [-0.3, -0.25) is 9.69 Å². The Hall–Kier alpha value is -3.78. The van der Waals surface area contributed by atoms with Crippen LogP contribution in [0.5, 0.6) is 0 Å². The number of nitrogens with one attached hydrogen (secondary N) is 1. The van der Waals surface area contributed by atoms with Crippen LogP contribution in [0.2, 0.25) is 0 Å². The Morgan fingerprint density at radius 2 is 1.83 bits per heavy atom. The van der Waals surface area contributed by atoms with Crippen LogP contribution in [0.15, 0.2) is 63.9 Å². The van der Waals surface area contributed by atoms with Crippen LogP contribution in [0.4, 0.5) is 5.69 Å². The average Bonchev–Trinajstić information content (AvgIpc) is 3.24. The van der Waals surface area contributed by atoms with E-state index in [1.54, 1.807) is 12.1 Å². The van der Waals surface area contributed by atoms with Gasteiger partial charge in [-0.25, -0.2) is 4.98 Å². The molecule has 0 unspecified atom stereocenters. The SMILES string of the molecule is Nc1ccc(-c2nc3c(c(=O)[nH]2)CN(Cc2nc(-c4ccccc4)no2)CC3)cc1. The third kappa shape index (κ3) is 3.60. The highest BCUT2D eigenvalue weighted by atomic mass is 16.5. The average molecular weight is 400 g/mol. The molecule has 0 amide bonds. The van der Waals surface area contributed by atoms with Crippen molar-refractivity contribution in [2.24, 2.45) is 0 Å². The molecule has 8 nitrogen and oxygen atoms in total. The van der Waals surface area contributed by atoms with Crippen LogP contribution in [0.25, 0.3) is 22.8 Å². The summed E-state index contributed by atoms with van der Waals surface area (Å²) in [5.41, 5.74) is 9.56. The number of aromatic nitrogens is 4. The van der Waals surface area contributed by atoms with Gasteiger partial charge in [0.1, 0.15) is 5.82 Å². The number of anilines is 1. The summed E-state index contributed by atoms with van der Waals surface area (Å²) in [4.78, 5) is 26.9. The summed E-state index contributed by atoms with van der Waals surface area (Å²) in [5, 5.41) is 4.06. The van der Waals surface area contributed by atoms with E-state index in [4.69, 9.17) is 10.3 Å². The Balaban J connectivity index is 1.34. The molecule has 30 heavy (non-hydrogen) atoms. The first kappa shape index (κ1) is 18.3. The number of nitrogens with zero attached hydrogens (tertiary/aromatic N) is 4. The van der Waals surface area contributed by atoms with E-state index in [1.807, 2.05) is 42.5 Å². The van der Waals surface area contributed by atoms with Gasteiger partial charge < -0.3 is 15.2 Å². The van der Waals surface area contributed by atoms with Gasteiger partial charge in [0, 0.05) is 36.3 Å². The molecule has 0 fully saturated rings. The number of hydrogen-bond acceptors (Lipinski definition) is 7. The molecular weight excluding hydrogens is 380 g/mol. The van der Waals surface area contributed by atoms with Crippen molar-refractivity contribution in [2.45, 2.75) is 19.5 Å². The van der Waals surface area contributed by atoms with Gasteiger partial charge in [0.25, 0.3) is 5.56 Å². The second-order valence-electron chi connectivity index (χ2n) is 7.30. The Labute approximate surface area is 172 Å². The molecule has 0 atom stereocenters. The van der Waals surface area contributed by atoms with Crippen molar-refractivity contribution >= 4 is 5.69 Å². The molecule has 8 heteroatoms. The smallest absolute Gasteiger partial charge is 0.255 e. The molecule has 0 saturated heterocycles. The van der Waals surface area contributed by atoms with Gasteiger partial charge in [0.05, 0.1) is 17.8 Å². The van der Waals surface area contributed by atoms with E-state index >= 15 is 0 Å². The van der Waals surface area contributed by atoms with Crippen LogP contribution in [-0.2, 0) is 19.5 Å². The third-order valence-electron chi connectivity index (χ3n) is 5.19. The number of H-pyrrole nitrogens is 1. The Morgan fingerprint density at radius 1 is 1.03 bits per heavy atom. The molecule has 3 N–H and O–H groups in total. The van der Waals surface area contributed by atoms with Gasteiger partial charge in [-0.05, 0) is 24.3 Å². The number of nitrogens with two attached hydrogens (primary N) is 1. The standard InChI is InChI=1S/C22H20N6O2/c23-16-8-6-15(7-9-16)20-24-18-10-11-28(12-17(18)22(29)26-20)13-19-25-21(27-30-19)14-4-2-1-3-5-14/h1-9H,10-13,23H2,(H,24,26,29). The molecule has 0 spiro atoms. The summed E-state index contributed by atoms with van der Waals surface area (Å²) >= 11 is 0. The van der Waals surface area contributed by atoms with Crippen molar-refractivity contribution < 1.29 is 4.52 Å². The fourth-order valence-electron chi connectivity index (χ4n) is 3.61. The van der Waals surface area contributed by atoms with E-state index in [9.17, 15) is 4.79 Å². The monoisotopic (exact) mass is 400 g/mol. The van der Waals surface area contributed by atoms with E-state index < -0.39 is 0 Å². The van der Waals surface area contributed by atoms with Crippen molar-refractivity contribution in [2.75, 3.05) is 12.3 Å². The molecule has 5 rings (SSSR count). The Kier molecular flexibility index (Phi) is 4.61. The van der Waals surface area contributed by atoms with E-state index in [0.717, 1.165) is 23.4 Å². The lowest BCUT2D eigenvalue weighted by Crippen LogP contribution is -2.35. The molecular formula is C22H20N6O2. The van der Waals surface area contributed by atoms with Gasteiger partial charge in [-0.1, -0.05) is 35.5 Å². The molecule has 2 aromatic carbocycles. The van der Waals surface area contributed by atoms with Gasteiger partial charge in [-0.15, -0.1) is 0 Å². The number of benzene rings is 2. The minimum absolute atomic E-state index is 0.118. The van der Waals surface area contributed by atoms with Crippen molar-refractivity contribution in [1.82, 2.24) is 25.0 Å². The van der Waals surface area contributed by atoms with Crippen molar-refractivity contribution in [1.29, 1.82) is 0 Å². The van der Waals surface area contributed by atoms with E-state index in [1.165, 1.54) is 0 Å². The number of nitrogen functional groups attached to an aromatic ring is 1. The predicted octanol–water partition coefficient (Wildman–Crippen LogP) is 2.63. The summed E-state index contributed by atoms with van der Waals surface area (Å²) in [6.07, 6.45) is 0.681. The highest BCUT2D eigenvalue weighted by molar-refractivity contribution is 5.59. The summed E-state index contributed by atoms with van der Waals surface area (Å²) in [7, 11) is 0. The topological polar surface area (TPSA) is 114 Å². The highest BCUT2D eigenvalue weighted by Crippen LogP contribution is 2.21. The maximum absolute atomic E-state index is 12.7. The lowest BCUT2D eigenvalue weighted by atomic mass is 10.1. The molecule has 4 aromatic rings. The molecule has 1 aliphatic heterocycles. The van der Waals surface area contributed by atoms with Crippen LogP contribution in [0, 0.1) is 0 Å². The zero-order chi connectivity index (χ0) is 20.5. The first-order valence-corrected chi connectivity index (χ1v) is 9.74. The summed E-state index contributed by atoms with van der Waals surface area (Å²) in [6.45, 7) is 1.73. The highest BCUT2D eigenvalue weighted by Gasteiger charge is 2.23. The van der Waals surface area contributed by atoms with Crippen LogP contribution >= 0.6 is 0 Å². The summed E-state index contributed by atoms with van der Waals surface area (Å²) in [6, 6.07) is 17.0. The van der Waals surface area contributed by atoms with Crippen LogP contribution in [-0.4, -0.2) is 31.6 Å². The maximum atomic E-state index is 12.7. The summed E-state index contributed by atoms with van der Waals surface area (Å²) < 4.78 is 5.41. The molecule has 0 radical (unpaired) electrons. The third-order valence-corrected chi connectivity index (χ3v) is 5.19. The fourth-order valence-corrected chi connectivity index (χ4v) is 3.61. The lowest BCUT2D eigenvalue weighted by molar-refractivity contribution is 0.208. The van der Waals surface area contributed by atoms with Gasteiger partial charge in [-0.2, -0.15) is 4.98 Å². The molecule has 3 heterocycles. The minimum Gasteiger partial charge on any atom is -0.399 e. The normalized spacial score (nSPS) is 13.9. The fraction of sp³-hybridized carbons (Fsp3) is 0.182. The molecule has 0 aliphatic carbocycles. The first-order chi connectivity index (χ1) is 14.7. The van der Waals surface area contributed by atoms with Crippen LogP contribution in [0.3, 0.4) is 0 Å². The second-order valence-corrected chi connectivity index (χ2v) is 7.30. The molecule has 0 saturated carbocycles. The number of hydrogen-bond donors (Lipinski definition) is 2. The first-order valence-electron chi connectivity index (χ1n) is 9.74. The lowest BCUT2D eigenvalue weighted by Gasteiger charge is -2.26. The quantitative estimate of drug-likeness (QED) is 0.506. The summed E-state index contributed by atoms with van der Waals surface area (Å²) in [5.74, 6) is 1.66. The van der Waals surface area contributed by atoms with E-state index in [2.05, 4.69) is 25.0 Å². The van der Waals surface area contributed by atoms with Crippen molar-refractivity contribution in [3.63, 3.8) is 0 Å². The van der Waals surface area contributed by atoms with Crippen molar-refractivity contribution in [3.05, 3.63) is 82.1 Å². The van der Waals surface area contributed by atoms with E-state index in [-0.39, 0.29) is 5.56 Å². The molecule has 150 valence electrons.